The highest BCUT2D eigenvalue weighted by atomic mass is 15.3. The third kappa shape index (κ3) is 2.24. The molecule has 23 heavy (non-hydrogen) atoms. The quantitative estimate of drug-likeness (QED) is 0.911. The van der Waals surface area contributed by atoms with Gasteiger partial charge in [0.1, 0.15) is 17.8 Å². The molecule has 2 aromatic heterocycles. The normalized spacial score (nSPS) is 30.9. The molecule has 0 amide bonds. The third-order valence-corrected chi connectivity index (χ3v) is 6.03. The molecule has 2 N–H and O–H groups in total. The Kier molecular flexibility index (Phi) is 3.11. The maximum atomic E-state index is 4.56. The molecule has 5 heteroatoms. The molecule has 122 valence electrons. The Morgan fingerprint density at radius 1 is 1.13 bits per heavy atom. The monoisotopic (exact) mass is 311 g/mol. The van der Waals surface area contributed by atoms with E-state index in [-0.39, 0.29) is 0 Å². The first-order valence-corrected chi connectivity index (χ1v) is 9.18. The van der Waals surface area contributed by atoms with Crippen molar-refractivity contribution in [3.05, 3.63) is 18.1 Å². The van der Waals surface area contributed by atoms with E-state index in [9.17, 15) is 0 Å². The Labute approximate surface area is 136 Å². The number of aryl methyl sites for hydroxylation is 1. The number of H-pyrrole nitrogens is 1. The maximum Gasteiger partial charge on any atom is 0.143 e. The van der Waals surface area contributed by atoms with Crippen molar-refractivity contribution in [3.8, 4) is 0 Å². The van der Waals surface area contributed by atoms with Gasteiger partial charge in [-0.1, -0.05) is 6.92 Å². The number of nitrogens with one attached hydrogen (secondary N) is 2. The summed E-state index contributed by atoms with van der Waals surface area (Å²) in [5.74, 6) is 1.03. The summed E-state index contributed by atoms with van der Waals surface area (Å²) < 4.78 is 0. The summed E-state index contributed by atoms with van der Waals surface area (Å²) in [7, 11) is 0. The maximum absolute atomic E-state index is 4.56. The molecule has 2 aromatic rings. The van der Waals surface area contributed by atoms with Crippen molar-refractivity contribution in [1.82, 2.24) is 19.9 Å². The lowest BCUT2D eigenvalue weighted by Crippen LogP contribution is -2.47. The summed E-state index contributed by atoms with van der Waals surface area (Å²) in [5.41, 5.74) is 2.26. The minimum atomic E-state index is 0.556. The minimum absolute atomic E-state index is 0.556. The number of anilines is 1. The van der Waals surface area contributed by atoms with Crippen LogP contribution in [-0.2, 0) is 6.42 Å². The van der Waals surface area contributed by atoms with Crippen molar-refractivity contribution < 1.29 is 0 Å². The average Bonchev–Trinajstić information content (AvgIpc) is 3.25. The average molecular weight is 311 g/mol. The molecule has 3 fully saturated rings. The minimum Gasteiger partial charge on any atom is -0.367 e. The van der Waals surface area contributed by atoms with Gasteiger partial charge in [0, 0.05) is 30.4 Å². The highest BCUT2D eigenvalue weighted by molar-refractivity contribution is 5.90. The van der Waals surface area contributed by atoms with E-state index in [1.165, 1.54) is 49.5 Å². The van der Waals surface area contributed by atoms with E-state index in [4.69, 9.17) is 0 Å². The summed E-state index contributed by atoms with van der Waals surface area (Å²) in [5, 5.41) is 4.95. The summed E-state index contributed by atoms with van der Waals surface area (Å²) in [6.07, 6.45) is 12.9. The van der Waals surface area contributed by atoms with E-state index >= 15 is 0 Å². The molecule has 2 saturated heterocycles. The largest absolute Gasteiger partial charge is 0.367 e. The first-order valence-electron chi connectivity index (χ1n) is 9.18. The lowest BCUT2D eigenvalue weighted by Gasteiger charge is -2.39. The molecular weight excluding hydrogens is 286 g/mol. The zero-order valence-electron chi connectivity index (χ0n) is 13.8. The first-order chi connectivity index (χ1) is 11.3. The van der Waals surface area contributed by atoms with E-state index in [2.05, 4.69) is 38.3 Å². The standard InChI is InChI=1S/C18H25N5/c1-2-11-9-19-17-16(11)18(21-10-20-17)22-12-7-14-5-6-15(8-12)23(14)13-3-4-13/h9-10,12-15H,2-8H2,1H3,(H2,19,20,21,22). The van der Waals surface area contributed by atoms with Crippen LogP contribution in [0.2, 0.25) is 0 Å². The molecular formula is C18H25N5. The SMILES string of the molecule is CCc1c[nH]c2ncnc(NC3CC4CCC(C3)N4C3CC3)c12. The lowest BCUT2D eigenvalue weighted by molar-refractivity contribution is 0.123. The number of piperidine rings is 1. The Hall–Kier alpha value is -1.62. The van der Waals surface area contributed by atoms with Gasteiger partial charge in [0.2, 0.25) is 0 Å². The van der Waals surface area contributed by atoms with Crippen LogP contribution in [0, 0.1) is 0 Å². The zero-order valence-corrected chi connectivity index (χ0v) is 13.8. The van der Waals surface area contributed by atoms with Crippen molar-refractivity contribution >= 4 is 16.9 Å². The fourth-order valence-electron chi connectivity index (χ4n) is 4.91. The molecule has 2 aliphatic heterocycles. The molecule has 0 radical (unpaired) electrons. The Balaban J connectivity index is 1.39. The molecule has 1 aliphatic carbocycles. The van der Waals surface area contributed by atoms with Crippen LogP contribution < -0.4 is 5.32 Å². The number of fused-ring (bicyclic) bond motifs is 3. The van der Waals surface area contributed by atoms with Gasteiger partial charge in [0.15, 0.2) is 0 Å². The Morgan fingerprint density at radius 3 is 2.57 bits per heavy atom. The van der Waals surface area contributed by atoms with Crippen LogP contribution in [0.3, 0.4) is 0 Å². The Morgan fingerprint density at radius 2 is 1.87 bits per heavy atom. The molecule has 5 nitrogen and oxygen atoms in total. The number of hydrogen-bond acceptors (Lipinski definition) is 4. The molecule has 0 aromatic carbocycles. The summed E-state index contributed by atoms with van der Waals surface area (Å²) >= 11 is 0. The van der Waals surface area contributed by atoms with Crippen molar-refractivity contribution in [2.45, 2.75) is 76.0 Å². The van der Waals surface area contributed by atoms with Gasteiger partial charge < -0.3 is 10.3 Å². The fourth-order valence-corrected chi connectivity index (χ4v) is 4.91. The van der Waals surface area contributed by atoms with Crippen LogP contribution in [0.1, 0.15) is 51.0 Å². The van der Waals surface area contributed by atoms with E-state index in [1.807, 2.05) is 0 Å². The summed E-state index contributed by atoms with van der Waals surface area (Å²) in [4.78, 5) is 15.1. The van der Waals surface area contributed by atoms with Crippen LogP contribution in [0.5, 0.6) is 0 Å². The smallest absolute Gasteiger partial charge is 0.143 e. The lowest BCUT2D eigenvalue weighted by atomic mass is 9.97. The van der Waals surface area contributed by atoms with E-state index < -0.39 is 0 Å². The van der Waals surface area contributed by atoms with Crippen LogP contribution in [0.25, 0.3) is 11.0 Å². The van der Waals surface area contributed by atoms with Crippen LogP contribution in [-0.4, -0.2) is 44.0 Å². The second-order valence-corrected chi connectivity index (χ2v) is 7.49. The summed E-state index contributed by atoms with van der Waals surface area (Å²) in [6, 6.07) is 3.07. The third-order valence-electron chi connectivity index (χ3n) is 6.03. The molecule has 1 saturated carbocycles. The van der Waals surface area contributed by atoms with Gasteiger partial charge in [-0.3, -0.25) is 4.90 Å². The molecule has 4 heterocycles. The predicted octanol–water partition coefficient (Wildman–Crippen LogP) is 3.09. The van der Waals surface area contributed by atoms with Crippen LogP contribution in [0.15, 0.2) is 12.5 Å². The highest BCUT2D eigenvalue weighted by Crippen LogP contribution is 2.44. The highest BCUT2D eigenvalue weighted by Gasteiger charge is 2.46. The van der Waals surface area contributed by atoms with Gasteiger partial charge in [-0.25, -0.2) is 9.97 Å². The molecule has 2 bridgehead atoms. The van der Waals surface area contributed by atoms with Gasteiger partial charge in [-0.2, -0.15) is 0 Å². The molecule has 3 aliphatic rings. The Bertz CT molecular complexity index is 705. The van der Waals surface area contributed by atoms with Crippen molar-refractivity contribution in [3.63, 3.8) is 0 Å². The van der Waals surface area contributed by atoms with Gasteiger partial charge in [0.05, 0.1) is 5.39 Å². The second-order valence-electron chi connectivity index (χ2n) is 7.49. The van der Waals surface area contributed by atoms with Crippen LogP contribution in [0.4, 0.5) is 5.82 Å². The van der Waals surface area contributed by atoms with Gasteiger partial charge in [0.25, 0.3) is 0 Å². The van der Waals surface area contributed by atoms with E-state index in [0.717, 1.165) is 36.0 Å². The zero-order chi connectivity index (χ0) is 15.4. The van der Waals surface area contributed by atoms with Gasteiger partial charge in [-0.15, -0.1) is 0 Å². The molecule has 5 rings (SSSR count). The second kappa shape index (κ2) is 5.20. The summed E-state index contributed by atoms with van der Waals surface area (Å²) in [6.45, 7) is 2.19. The number of hydrogen-bond donors (Lipinski definition) is 2. The molecule has 0 spiro atoms. The van der Waals surface area contributed by atoms with Crippen molar-refractivity contribution in [2.24, 2.45) is 0 Å². The van der Waals surface area contributed by atoms with Crippen molar-refractivity contribution in [1.29, 1.82) is 0 Å². The number of aromatic amines is 1. The topological polar surface area (TPSA) is 56.8 Å². The fraction of sp³-hybridized carbons (Fsp3) is 0.667. The van der Waals surface area contributed by atoms with E-state index in [1.54, 1.807) is 6.33 Å². The predicted molar refractivity (Wildman–Crippen MR) is 91.6 cm³/mol. The number of aromatic nitrogens is 3. The van der Waals surface area contributed by atoms with Gasteiger partial charge >= 0.3 is 0 Å². The number of rotatable bonds is 4. The molecule has 2 unspecified atom stereocenters. The van der Waals surface area contributed by atoms with E-state index in [0.29, 0.717) is 6.04 Å². The van der Waals surface area contributed by atoms with Crippen LogP contribution >= 0.6 is 0 Å². The van der Waals surface area contributed by atoms with Gasteiger partial charge in [-0.05, 0) is 50.5 Å². The molecule has 2 atom stereocenters. The first kappa shape index (κ1) is 13.8. The van der Waals surface area contributed by atoms with Crippen molar-refractivity contribution in [2.75, 3.05) is 5.32 Å². The number of nitrogens with zero attached hydrogens (tertiary/aromatic N) is 3.